The Hall–Kier alpha value is -3.55. The van der Waals surface area contributed by atoms with Gasteiger partial charge in [0.1, 0.15) is 29.9 Å². The first-order valence-electron chi connectivity index (χ1n) is 10.5. The summed E-state index contributed by atoms with van der Waals surface area (Å²) < 4.78 is 16.5. The quantitative estimate of drug-likeness (QED) is 0.501. The molecule has 32 heavy (non-hydrogen) atoms. The van der Waals surface area contributed by atoms with E-state index in [1.807, 2.05) is 72.8 Å². The molecular weight excluding hydrogens is 406 g/mol. The van der Waals surface area contributed by atoms with Crippen LogP contribution in [-0.2, 0) is 11.4 Å². The van der Waals surface area contributed by atoms with Crippen LogP contribution in [0.15, 0.2) is 72.8 Å². The lowest BCUT2D eigenvalue weighted by molar-refractivity contribution is -0.117. The van der Waals surface area contributed by atoms with Crippen molar-refractivity contribution >= 4 is 11.6 Å². The number of anilines is 1. The summed E-state index contributed by atoms with van der Waals surface area (Å²) in [6, 6.07) is 22.6. The first-order valence-corrected chi connectivity index (χ1v) is 10.5. The van der Waals surface area contributed by atoms with E-state index in [1.165, 1.54) is 0 Å². The fraction of sp³-hybridized carbons (Fsp3) is 0.240. The van der Waals surface area contributed by atoms with Crippen molar-refractivity contribution in [3.05, 3.63) is 83.9 Å². The van der Waals surface area contributed by atoms with Crippen LogP contribution in [0.5, 0.6) is 17.2 Å². The molecule has 166 valence electrons. The summed E-state index contributed by atoms with van der Waals surface area (Å²) >= 11 is 0. The normalized spacial score (nSPS) is 17.6. The average Bonchev–Trinajstić information content (AvgIpc) is 3.34. The van der Waals surface area contributed by atoms with Crippen LogP contribution in [0.2, 0.25) is 0 Å². The molecule has 0 radical (unpaired) electrons. The summed E-state index contributed by atoms with van der Waals surface area (Å²) in [5, 5.41) is 2.96. The van der Waals surface area contributed by atoms with Gasteiger partial charge < -0.3 is 19.5 Å². The molecule has 7 nitrogen and oxygen atoms in total. The zero-order chi connectivity index (χ0) is 22.3. The third-order valence-corrected chi connectivity index (χ3v) is 5.41. The highest BCUT2D eigenvalue weighted by Gasteiger charge is 2.31. The molecule has 3 aromatic rings. The largest absolute Gasteiger partial charge is 0.497 e. The van der Waals surface area contributed by atoms with E-state index < -0.39 is 0 Å². The molecule has 3 N–H and O–H groups in total. The Morgan fingerprint density at radius 1 is 0.938 bits per heavy atom. The van der Waals surface area contributed by atoms with Gasteiger partial charge in [0.25, 0.3) is 0 Å². The number of benzene rings is 3. The zero-order valence-corrected chi connectivity index (χ0v) is 18.1. The molecule has 0 aromatic heterocycles. The van der Waals surface area contributed by atoms with E-state index in [2.05, 4.69) is 16.2 Å². The molecule has 1 saturated heterocycles. The molecule has 1 aliphatic heterocycles. The van der Waals surface area contributed by atoms with Crippen molar-refractivity contribution < 1.29 is 19.0 Å². The van der Waals surface area contributed by atoms with E-state index in [1.54, 1.807) is 14.2 Å². The number of carbonyl (C=O) groups is 1. The summed E-state index contributed by atoms with van der Waals surface area (Å²) in [6.45, 7) is 0.500. The zero-order valence-electron chi connectivity index (χ0n) is 18.1. The first kappa shape index (κ1) is 21.7. The minimum absolute atomic E-state index is 0.0552. The maximum absolute atomic E-state index is 12.7. The van der Waals surface area contributed by atoms with Crippen LogP contribution in [-0.4, -0.2) is 26.2 Å². The van der Waals surface area contributed by atoms with Crippen molar-refractivity contribution in [2.24, 2.45) is 0 Å². The fourth-order valence-corrected chi connectivity index (χ4v) is 3.64. The summed E-state index contributed by atoms with van der Waals surface area (Å²) in [5.74, 6) is 2.09. The predicted molar refractivity (Wildman–Crippen MR) is 123 cm³/mol. The van der Waals surface area contributed by atoms with E-state index in [0.29, 0.717) is 18.7 Å². The Morgan fingerprint density at radius 3 is 2.41 bits per heavy atom. The summed E-state index contributed by atoms with van der Waals surface area (Å²) in [6.07, 6.45) is 0.590. The van der Waals surface area contributed by atoms with E-state index in [0.717, 1.165) is 28.4 Å². The standard InChI is InChI=1S/C25H27N3O4/c1-30-20-12-13-21(24(14-20)31-2)22-15-23(28-27-22)25(29)26-18-8-10-19(11-9-18)32-16-17-6-4-3-5-7-17/h3-14,22-23,27-28H,15-16H2,1-2H3,(H,26,29). The van der Waals surface area contributed by atoms with E-state index in [9.17, 15) is 4.79 Å². The Labute approximate surface area is 187 Å². The van der Waals surface area contributed by atoms with Gasteiger partial charge in [-0.3, -0.25) is 4.79 Å². The van der Waals surface area contributed by atoms with Gasteiger partial charge in [-0.15, -0.1) is 0 Å². The second-order valence-corrected chi connectivity index (χ2v) is 7.53. The van der Waals surface area contributed by atoms with E-state index in [4.69, 9.17) is 14.2 Å². The maximum atomic E-state index is 12.7. The number of amides is 1. The van der Waals surface area contributed by atoms with Crippen LogP contribution >= 0.6 is 0 Å². The molecule has 1 fully saturated rings. The van der Waals surface area contributed by atoms with Gasteiger partial charge in [-0.25, -0.2) is 10.9 Å². The number of hydrazine groups is 1. The molecule has 3 aromatic carbocycles. The van der Waals surface area contributed by atoms with Crippen LogP contribution in [0.4, 0.5) is 5.69 Å². The number of hydrogen-bond donors (Lipinski definition) is 3. The van der Waals surface area contributed by atoms with Gasteiger partial charge in [0.05, 0.1) is 20.3 Å². The van der Waals surface area contributed by atoms with Gasteiger partial charge in [-0.2, -0.15) is 0 Å². The summed E-state index contributed by atoms with van der Waals surface area (Å²) in [7, 11) is 3.24. The van der Waals surface area contributed by atoms with Gasteiger partial charge in [0, 0.05) is 17.3 Å². The molecule has 1 aliphatic rings. The highest BCUT2D eigenvalue weighted by molar-refractivity contribution is 5.95. The third kappa shape index (κ3) is 5.19. The average molecular weight is 434 g/mol. The van der Waals surface area contributed by atoms with Gasteiger partial charge in [-0.1, -0.05) is 36.4 Å². The van der Waals surface area contributed by atoms with Crippen LogP contribution in [0.1, 0.15) is 23.6 Å². The number of rotatable bonds is 8. The predicted octanol–water partition coefficient (Wildman–Crippen LogP) is 3.83. The Morgan fingerprint density at radius 2 is 1.69 bits per heavy atom. The molecule has 0 saturated carbocycles. The van der Waals surface area contributed by atoms with Crippen molar-refractivity contribution in [3.8, 4) is 17.2 Å². The van der Waals surface area contributed by atoms with Crippen LogP contribution < -0.4 is 30.4 Å². The molecular formula is C25H27N3O4. The lowest BCUT2D eigenvalue weighted by Gasteiger charge is -2.15. The number of hydrogen-bond acceptors (Lipinski definition) is 6. The van der Waals surface area contributed by atoms with Gasteiger partial charge in [0.15, 0.2) is 0 Å². The Bertz CT molecular complexity index is 1040. The van der Waals surface area contributed by atoms with Crippen molar-refractivity contribution in [1.82, 2.24) is 10.9 Å². The molecule has 0 aliphatic carbocycles. The van der Waals surface area contributed by atoms with Crippen molar-refractivity contribution in [2.75, 3.05) is 19.5 Å². The topological polar surface area (TPSA) is 80.9 Å². The van der Waals surface area contributed by atoms with Gasteiger partial charge in [0.2, 0.25) is 5.91 Å². The highest BCUT2D eigenvalue weighted by Crippen LogP contribution is 2.33. The first-order chi connectivity index (χ1) is 15.7. The van der Waals surface area contributed by atoms with Crippen LogP contribution in [0.25, 0.3) is 0 Å². The van der Waals surface area contributed by atoms with E-state index >= 15 is 0 Å². The molecule has 1 amide bonds. The van der Waals surface area contributed by atoms with Gasteiger partial charge in [-0.05, 0) is 42.3 Å². The molecule has 7 heteroatoms. The molecule has 2 atom stereocenters. The second-order valence-electron chi connectivity index (χ2n) is 7.53. The molecule has 4 rings (SSSR count). The van der Waals surface area contributed by atoms with Crippen molar-refractivity contribution in [2.45, 2.75) is 25.1 Å². The van der Waals surface area contributed by atoms with Crippen LogP contribution in [0, 0.1) is 0 Å². The molecule has 1 heterocycles. The summed E-state index contributed by atoms with van der Waals surface area (Å²) in [4.78, 5) is 12.7. The second kappa shape index (κ2) is 10.2. The number of nitrogens with one attached hydrogen (secondary N) is 3. The minimum atomic E-state index is -0.374. The smallest absolute Gasteiger partial charge is 0.242 e. The maximum Gasteiger partial charge on any atom is 0.242 e. The number of carbonyl (C=O) groups excluding carboxylic acids is 1. The van der Waals surface area contributed by atoms with Crippen LogP contribution in [0.3, 0.4) is 0 Å². The monoisotopic (exact) mass is 433 g/mol. The minimum Gasteiger partial charge on any atom is -0.497 e. The lowest BCUT2D eigenvalue weighted by atomic mass is 10.0. The SMILES string of the molecule is COc1ccc(C2CC(C(=O)Nc3ccc(OCc4ccccc4)cc3)NN2)c(OC)c1. The van der Waals surface area contributed by atoms with Gasteiger partial charge >= 0.3 is 0 Å². The van der Waals surface area contributed by atoms with Crippen molar-refractivity contribution in [3.63, 3.8) is 0 Å². The molecule has 0 spiro atoms. The molecule has 2 unspecified atom stereocenters. The number of methoxy groups -OCH3 is 2. The Balaban J connectivity index is 1.32. The third-order valence-electron chi connectivity index (χ3n) is 5.41. The fourth-order valence-electron chi connectivity index (χ4n) is 3.64. The highest BCUT2D eigenvalue weighted by atomic mass is 16.5. The summed E-state index contributed by atoms with van der Waals surface area (Å²) in [5.41, 5.74) is 9.06. The number of ether oxygens (including phenoxy) is 3. The lowest BCUT2D eigenvalue weighted by Crippen LogP contribution is -2.39. The van der Waals surface area contributed by atoms with E-state index in [-0.39, 0.29) is 18.0 Å². The van der Waals surface area contributed by atoms with Crippen molar-refractivity contribution in [1.29, 1.82) is 0 Å². The Kier molecular flexibility index (Phi) is 6.89. The molecule has 0 bridgehead atoms.